The lowest BCUT2D eigenvalue weighted by atomic mass is 9.95. The molecule has 2 nitrogen and oxygen atoms in total. The Balaban J connectivity index is 2.03. The fourth-order valence-corrected chi connectivity index (χ4v) is 2.70. The predicted molar refractivity (Wildman–Crippen MR) is 87.8 cm³/mol. The van der Waals surface area contributed by atoms with Crippen molar-refractivity contribution in [3.63, 3.8) is 0 Å². The Labute approximate surface area is 135 Å². The van der Waals surface area contributed by atoms with Crippen molar-refractivity contribution in [2.45, 2.75) is 25.8 Å². The first-order valence-electron chi connectivity index (χ1n) is 6.88. The summed E-state index contributed by atoms with van der Waals surface area (Å²) in [6.45, 7) is 2.41. The van der Waals surface area contributed by atoms with E-state index in [1.807, 2.05) is 43.3 Å². The molecular weight excluding hydrogens is 305 g/mol. The molecule has 2 aromatic carbocycles. The largest absolute Gasteiger partial charge is 0.351 e. The molecule has 0 aromatic heterocycles. The van der Waals surface area contributed by atoms with Crippen molar-refractivity contribution < 1.29 is 4.79 Å². The third-order valence-electron chi connectivity index (χ3n) is 3.39. The van der Waals surface area contributed by atoms with Gasteiger partial charge in [-0.2, -0.15) is 0 Å². The van der Waals surface area contributed by atoms with Gasteiger partial charge in [-0.15, -0.1) is 0 Å². The van der Waals surface area contributed by atoms with Crippen LogP contribution < -0.4 is 5.32 Å². The Bertz CT molecular complexity index is 613. The van der Waals surface area contributed by atoms with Gasteiger partial charge in [-0.05, 0) is 29.7 Å². The quantitative estimate of drug-likeness (QED) is 0.841. The molecule has 1 atom stereocenters. The zero-order valence-electron chi connectivity index (χ0n) is 11.8. The van der Waals surface area contributed by atoms with Crippen molar-refractivity contribution in [3.8, 4) is 0 Å². The number of rotatable bonds is 5. The molecule has 2 rings (SSSR count). The van der Waals surface area contributed by atoms with Crippen LogP contribution in [-0.2, 0) is 11.3 Å². The SMILES string of the molecule is CC[C@H](C(=O)NCc1ccc(Cl)cc1Cl)c1ccccc1. The third kappa shape index (κ3) is 4.23. The second-order valence-corrected chi connectivity index (χ2v) is 5.67. The first-order chi connectivity index (χ1) is 10.1. The molecule has 4 heteroatoms. The molecule has 0 saturated heterocycles. The average Bonchev–Trinajstić information content (AvgIpc) is 2.48. The molecule has 0 bridgehead atoms. The van der Waals surface area contributed by atoms with Crippen LogP contribution in [0.5, 0.6) is 0 Å². The van der Waals surface area contributed by atoms with E-state index in [1.54, 1.807) is 12.1 Å². The Morgan fingerprint density at radius 3 is 2.48 bits per heavy atom. The van der Waals surface area contributed by atoms with Crippen molar-refractivity contribution in [3.05, 3.63) is 69.7 Å². The van der Waals surface area contributed by atoms with Gasteiger partial charge < -0.3 is 5.32 Å². The minimum Gasteiger partial charge on any atom is -0.351 e. The van der Waals surface area contributed by atoms with Crippen molar-refractivity contribution in [1.82, 2.24) is 5.32 Å². The summed E-state index contributed by atoms with van der Waals surface area (Å²) in [5, 5.41) is 4.10. The van der Waals surface area contributed by atoms with Gasteiger partial charge in [0.05, 0.1) is 5.92 Å². The number of benzene rings is 2. The fourth-order valence-electron chi connectivity index (χ4n) is 2.23. The van der Waals surface area contributed by atoms with Gasteiger partial charge in [0.1, 0.15) is 0 Å². The molecule has 1 amide bonds. The maximum atomic E-state index is 12.3. The van der Waals surface area contributed by atoms with Gasteiger partial charge in [-0.3, -0.25) is 4.79 Å². The van der Waals surface area contributed by atoms with E-state index in [-0.39, 0.29) is 11.8 Å². The summed E-state index contributed by atoms with van der Waals surface area (Å²) in [6.07, 6.45) is 0.754. The molecule has 0 spiro atoms. The normalized spacial score (nSPS) is 12.0. The lowest BCUT2D eigenvalue weighted by Crippen LogP contribution is -2.28. The van der Waals surface area contributed by atoms with E-state index in [2.05, 4.69) is 5.32 Å². The van der Waals surface area contributed by atoms with Gasteiger partial charge in [0.15, 0.2) is 0 Å². The van der Waals surface area contributed by atoms with Crippen molar-refractivity contribution in [2.24, 2.45) is 0 Å². The highest BCUT2D eigenvalue weighted by Crippen LogP contribution is 2.22. The lowest BCUT2D eigenvalue weighted by molar-refractivity contribution is -0.122. The van der Waals surface area contributed by atoms with Gasteiger partial charge in [-0.25, -0.2) is 0 Å². The molecule has 0 aliphatic carbocycles. The number of halogens is 2. The maximum Gasteiger partial charge on any atom is 0.227 e. The highest BCUT2D eigenvalue weighted by atomic mass is 35.5. The van der Waals surface area contributed by atoms with Gasteiger partial charge in [0.25, 0.3) is 0 Å². The zero-order valence-corrected chi connectivity index (χ0v) is 13.3. The minimum absolute atomic E-state index is 0.00900. The summed E-state index contributed by atoms with van der Waals surface area (Å²) >= 11 is 12.0. The van der Waals surface area contributed by atoms with Crippen LogP contribution in [0.3, 0.4) is 0 Å². The molecular formula is C17H17Cl2NO. The van der Waals surface area contributed by atoms with E-state index >= 15 is 0 Å². The highest BCUT2D eigenvalue weighted by molar-refractivity contribution is 6.35. The lowest BCUT2D eigenvalue weighted by Gasteiger charge is -2.16. The predicted octanol–water partition coefficient (Wildman–Crippen LogP) is 4.80. The summed E-state index contributed by atoms with van der Waals surface area (Å²) in [6, 6.07) is 15.1. The summed E-state index contributed by atoms with van der Waals surface area (Å²) in [5.74, 6) is -0.132. The molecule has 0 unspecified atom stereocenters. The van der Waals surface area contributed by atoms with Gasteiger partial charge >= 0.3 is 0 Å². The molecule has 0 heterocycles. The van der Waals surface area contributed by atoms with Crippen molar-refractivity contribution >= 4 is 29.1 Å². The molecule has 0 saturated carbocycles. The van der Waals surface area contributed by atoms with E-state index in [0.717, 1.165) is 17.5 Å². The van der Waals surface area contributed by atoms with Crippen molar-refractivity contribution in [1.29, 1.82) is 0 Å². The topological polar surface area (TPSA) is 29.1 Å². The highest BCUT2D eigenvalue weighted by Gasteiger charge is 2.18. The van der Waals surface area contributed by atoms with E-state index in [0.29, 0.717) is 16.6 Å². The smallest absolute Gasteiger partial charge is 0.227 e. The number of carbonyl (C=O) groups is 1. The van der Waals surface area contributed by atoms with Gasteiger partial charge in [0, 0.05) is 16.6 Å². The van der Waals surface area contributed by atoms with E-state index in [1.165, 1.54) is 0 Å². The molecule has 110 valence electrons. The monoisotopic (exact) mass is 321 g/mol. The Hall–Kier alpha value is -1.51. The van der Waals surface area contributed by atoms with Crippen LogP contribution in [0.15, 0.2) is 48.5 Å². The molecule has 0 radical (unpaired) electrons. The van der Waals surface area contributed by atoms with Crippen LogP contribution in [-0.4, -0.2) is 5.91 Å². The van der Waals surface area contributed by atoms with Gasteiger partial charge in [0.2, 0.25) is 5.91 Å². The summed E-state index contributed by atoms with van der Waals surface area (Å²) in [7, 11) is 0. The maximum absolute atomic E-state index is 12.3. The zero-order chi connectivity index (χ0) is 15.2. The molecule has 2 aromatic rings. The molecule has 21 heavy (non-hydrogen) atoms. The van der Waals surface area contributed by atoms with Crippen LogP contribution in [0.2, 0.25) is 10.0 Å². The fraction of sp³-hybridized carbons (Fsp3) is 0.235. The molecule has 0 aliphatic rings. The Kier molecular flexibility index (Phi) is 5.66. The number of hydrogen-bond donors (Lipinski definition) is 1. The van der Waals surface area contributed by atoms with Gasteiger partial charge in [-0.1, -0.05) is 66.5 Å². The second-order valence-electron chi connectivity index (χ2n) is 4.83. The third-order valence-corrected chi connectivity index (χ3v) is 3.98. The molecule has 0 aliphatic heterocycles. The second kappa shape index (κ2) is 7.48. The molecule has 1 N–H and O–H groups in total. The summed E-state index contributed by atoms with van der Waals surface area (Å²) in [5.41, 5.74) is 1.89. The van der Waals surface area contributed by atoms with Crippen LogP contribution in [0.25, 0.3) is 0 Å². The van der Waals surface area contributed by atoms with Crippen LogP contribution in [0.4, 0.5) is 0 Å². The Morgan fingerprint density at radius 2 is 1.86 bits per heavy atom. The van der Waals surface area contributed by atoms with Crippen molar-refractivity contribution in [2.75, 3.05) is 0 Å². The van der Waals surface area contributed by atoms with E-state index < -0.39 is 0 Å². The summed E-state index contributed by atoms with van der Waals surface area (Å²) < 4.78 is 0. The van der Waals surface area contributed by atoms with Crippen LogP contribution >= 0.6 is 23.2 Å². The first-order valence-corrected chi connectivity index (χ1v) is 7.64. The average molecular weight is 322 g/mol. The number of amides is 1. The number of carbonyl (C=O) groups excluding carboxylic acids is 1. The molecule has 0 fully saturated rings. The van der Waals surface area contributed by atoms with E-state index in [9.17, 15) is 4.79 Å². The number of nitrogens with one attached hydrogen (secondary N) is 1. The standard InChI is InChI=1S/C17H17Cl2NO/c1-2-15(12-6-4-3-5-7-12)17(21)20-11-13-8-9-14(18)10-16(13)19/h3-10,15H,2,11H2,1H3,(H,20,21)/t15-/m0/s1. The first kappa shape index (κ1) is 15.9. The number of hydrogen-bond acceptors (Lipinski definition) is 1. The summed E-state index contributed by atoms with van der Waals surface area (Å²) in [4.78, 5) is 12.3. The minimum atomic E-state index is -0.141. The van der Waals surface area contributed by atoms with E-state index in [4.69, 9.17) is 23.2 Å². The van der Waals surface area contributed by atoms with Crippen LogP contribution in [0, 0.1) is 0 Å². The Morgan fingerprint density at radius 1 is 1.14 bits per heavy atom. The van der Waals surface area contributed by atoms with Crippen LogP contribution in [0.1, 0.15) is 30.4 Å².